The molecule has 0 atom stereocenters. The Balaban J connectivity index is 2.39. The SMILES string of the molecule is CCc1nn(C)c(Sc2nc(C)cc(=O)[nH]2)c1N. The second kappa shape index (κ2) is 4.85. The van der Waals surface area contributed by atoms with E-state index in [0.29, 0.717) is 16.5 Å². The molecule has 0 aromatic carbocycles. The Morgan fingerprint density at radius 1 is 1.56 bits per heavy atom. The maximum Gasteiger partial charge on any atom is 0.251 e. The molecule has 0 radical (unpaired) electrons. The topological polar surface area (TPSA) is 89.6 Å². The molecule has 0 amide bonds. The lowest BCUT2D eigenvalue weighted by atomic mass is 10.3. The van der Waals surface area contributed by atoms with Crippen LogP contribution >= 0.6 is 11.8 Å². The molecule has 2 rings (SSSR count). The average Bonchev–Trinajstić information content (AvgIpc) is 2.55. The van der Waals surface area contributed by atoms with E-state index in [1.165, 1.54) is 17.8 Å². The quantitative estimate of drug-likeness (QED) is 0.811. The number of nitrogens with zero attached hydrogens (tertiary/aromatic N) is 3. The summed E-state index contributed by atoms with van der Waals surface area (Å²) in [4.78, 5) is 18.3. The van der Waals surface area contributed by atoms with Crippen molar-refractivity contribution in [3.8, 4) is 0 Å². The molecule has 3 N–H and O–H groups in total. The Morgan fingerprint density at radius 3 is 2.83 bits per heavy atom. The van der Waals surface area contributed by atoms with Crippen molar-refractivity contribution in [2.45, 2.75) is 30.5 Å². The van der Waals surface area contributed by atoms with Gasteiger partial charge in [-0.3, -0.25) is 9.48 Å². The summed E-state index contributed by atoms with van der Waals surface area (Å²) >= 11 is 1.31. The first-order valence-electron chi connectivity index (χ1n) is 5.58. The lowest BCUT2D eigenvalue weighted by molar-refractivity contribution is 0.686. The molecule has 6 nitrogen and oxygen atoms in total. The first kappa shape index (κ1) is 12.7. The van der Waals surface area contributed by atoms with Gasteiger partial charge in [0, 0.05) is 18.8 Å². The fourth-order valence-electron chi connectivity index (χ4n) is 1.65. The van der Waals surface area contributed by atoms with Crippen molar-refractivity contribution in [2.75, 3.05) is 5.73 Å². The van der Waals surface area contributed by atoms with Gasteiger partial charge in [-0.15, -0.1) is 0 Å². The molecule has 0 saturated carbocycles. The van der Waals surface area contributed by atoms with Crippen LogP contribution in [0.25, 0.3) is 0 Å². The van der Waals surface area contributed by atoms with Gasteiger partial charge in [-0.25, -0.2) is 4.98 Å². The number of rotatable bonds is 3. The Kier molecular flexibility index (Phi) is 3.42. The first-order valence-corrected chi connectivity index (χ1v) is 6.40. The van der Waals surface area contributed by atoms with E-state index < -0.39 is 0 Å². The van der Waals surface area contributed by atoms with Crippen LogP contribution in [0.3, 0.4) is 0 Å². The number of nitrogens with two attached hydrogens (primary N) is 1. The van der Waals surface area contributed by atoms with Crippen LogP contribution in [0.5, 0.6) is 0 Å². The molecule has 0 spiro atoms. The summed E-state index contributed by atoms with van der Waals surface area (Å²) in [5, 5.41) is 5.64. The van der Waals surface area contributed by atoms with Crippen molar-refractivity contribution in [3.05, 3.63) is 27.8 Å². The molecule has 0 aliphatic carbocycles. The van der Waals surface area contributed by atoms with E-state index in [-0.39, 0.29) is 5.56 Å². The third-order valence-corrected chi connectivity index (χ3v) is 3.55. The van der Waals surface area contributed by atoms with Crippen LogP contribution in [0.4, 0.5) is 5.69 Å². The van der Waals surface area contributed by atoms with Crippen LogP contribution in [0.1, 0.15) is 18.3 Å². The van der Waals surface area contributed by atoms with Crippen LogP contribution in [-0.2, 0) is 13.5 Å². The third-order valence-electron chi connectivity index (χ3n) is 2.48. The number of anilines is 1. The number of aromatic amines is 1. The molecule has 0 saturated heterocycles. The summed E-state index contributed by atoms with van der Waals surface area (Å²) in [7, 11) is 1.83. The fraction of sp³-hybridized carbons (Fsp3) is 0.364. The molecule has 0 aliphatic rings. The third kappa shape index (κ3) is 2.40. The molecule has 18 heavy (non-hydrogen) atoms. The van der Waals surface area contributed by atoms with E-state index in [4.69, 9.17) is 5.73 Å². The lowest BCUT2D eigenvalue weighted by Gasteiger charge is -2.03. The highest BCUT2D eigenvalue weighted by Gasteiger charge is 2.14. The van der Waals surface area contributed by atoms with Crippen molar-refractivity contribution in [2.24, 2.45) is 7.05 Å². The fourth-order valence-corrected chi connectivity index (χ4v) is 2.58. The highest BCUT2D eigenvalue weighted by molar-refractivity contribution is 7.99. The number of nitrogens with one attached hydrogen (secondary N) is 1. The lowest BCUT2D eigenvalue weighted by Crippen LogP contribution is -2.08. The minimum atomic E-state index is -0.165. The monoisotopic (exact) mass is 265 g/mol. The molecule has 0 unspecified atom stereocenters. The number of nitrogen functional groups attached to an aromatic ring is 1. The van der Waals surface area contributed by atoms with E-state index in [1.54, 1.807) is 11.6 Å². The van der Waals surface area contributed by atoms with Gasteiger partial charge in [0.15, 0.2) is 5.16 Å². The zero-order chi connectivity index (χ0) is 13.3. The molecule has 0 aliphatic heterocycles. The Labute approximate surface area is 109 Å². The zero-order valence-electron chi connectivity index (χ0n) is 10.5. The van der Waals surface area contributed by atoms with Crippen molar-refractivity contribution in [1.29, 1.82) is 0 Å². The van der Waals surface area contributed by atoms with Crippen LogP contribution in [0.2, 0.25) is 0 Å². The molecule has 2 heterocycles. The second-order valence-corrected chi connectivity index (χ2v) is 4.91. The number of aryl methyl sites for hydroxylation is 3. The van der Waals surface area contributed by atoms with E-state index in [1.807, 2.05) is 14.0 Å². The average molecular weight is 265 g/mol. The maximum atomic E-state index is 11.4. The summed E-state index contributed by atoms with van der Waals surface area (Å²) in [6.07, 6.45) is 0.776. The Hall–Kier alpha value is -1.76. The highest BCUT2D eigenvalue weighted by atomic mass is 32.2. The van der Waals surface area contributed by atoms with Gasteiger partial charge in [0.25, 0.3) is 5.56 Å². The van der Waals surface area contributed by atoms with Crippen molar-refractivity contribution in [1.82, 2.24) is 19.7 Å². The van der Waals surface area contributed by atoms with Gasteiger partial charge >= 0.3 is 0 Å². The largest absolute Gasteiger partial charge is 0.395 e. The summed E-state index contributed by atoms with van der Waals surface area (Å²) in [6.45, 7) is 3.78. The first-order chi connectivity index (χ1) is 8.51. The van der Waals surface area contributed by atoms with Crippen molar-refractivity contribution < 1.29 is 0 Å². The van der Waals surface area contributed by atoms with Crippen LogP contribution < -0.4 is 11.3 Å². The van der Waals surface area contributed by atoms with Crippen LogP contribution in [-0.4, -0.2) is 19.7 Å². The van der Waals surface area contributed by atoms with Crippen LogP contribution in [0, 0.1) is 6.92 Å². The molecule has 96 valence electrons. The minimum Gasteiger partial charge on any atom is -0.395 e. The number of aromatic nitrogens is 4. The zero-order valence-corrected chi connectivity index (χ0v) is 11.3. The molecule has 2 aromatic rings. The van der Waals surface area contributed by atoms with E-state index in [0.717, 1.165) is 17.1 Å². The summed E-state index contributed by atoms with van der Waals surface area (Å²) in [5.74, 6) is 0. The van der Waals surface area contributed by atoms with Gasteiger partial charge in [-0.1, -0.05) is 6.92 Å². The minimum absolute atomic E-state index is 0.165. The summed E-state index contributed by atoms with van der Waals surface area (Å²) in [5.41, 5.74) is 8.03. The second-order valence-electron chi connectivity index (χ2n) is 3.94. The normalized spacial score (nSPS) is 10.8. The van der Waals surface area contributed by atoms with Gasteiger partial charge in [0.2, 0.25) is 0 Å². The smallest absolute Gasteiger partial charge is 0.251 e. The van der Waals surface area contributed by atoms with Gasteiger partial charge < -0.3 is 10.7 Å². The standard InChI is InChI=1S/C11H15N5OS/c1-4-7-9(12)10(16(3)15-7)18-11-13-6(2)5-8(17)14-11/h5H,4,12H2,1-3H3,(H,13,14,17). The number of hydrogen-bond donors (Lipinski definition) is 2. The van der Waals surface area contributed by atoms with E-state index in [2.05, 4.69) is 15.1 Å². The van der Waals surface area contributed by atoms with Gasteiger partial charge in [-0.2, -0.15) is 5.10 Å². The Bertz CT molecular complexity index is 631. The molecule has 0 fully saturated rings. The van der Waals surface area contributed by atoms with Crippen molar-refractivity contribution in [3.63, 3.8) is 0 Å². The molecule has 0 bridgehead atoms. The predicted molar refractivity (Wildman–Crippen MR) is 70.7 cm³/mol. The predicted octanol–water partition coefficient (Wildman–Crippen LogP) is 1.11. The van der Waals surface area contributed by atoms with Crippen molar-refractivity contribution >= 4 is 17.4 Å². The van der Waals surface area contributed by atoms with Crippen LogP contribution in [0.15, 0.2) is 21.0 Å². The summed E-state index contributed by atoms with van der Waals surface area (Å²) in [6, 6.07) is 1.45. The Morgan fingerprint density at radius 2 is 2.28 bits per heavy atom. The maximum absolute atomic E-state index is 11.4. The van der Waals surface area contributed by atoms with Gasteiger partial charge in [0.1, 0.15) is 5.03 Å². The molecule has 2 aromatic heterocycles. The van der Waals surface area contributed by atoms with E-state index in [9.17, 15) is 4.79 Å². The number of hydrogen-bond acceptors (Lipinski definition) is 5. The van der Waals surface area contributed by atoms with E-state index >= 15 is 0 Å². The highest BCUT2D eigenvalue weighted by Crippen LogP contribution is 2.31. The summed E-state index contributed by atoms with van der Waals surface area (Å²) < 4.78 is 1.71. The van der Waals surface area contributed by atoms with Gasteiger partial charge in [0.05, 0.1) is 11.4 Å². The molecular formula is C11H15N5OS. The number of H-pyrrole nitrogens is 1. The molecular weight excluding hydrogens is 250 g/mol. The van der Waals surface area contributed by atoms with Gasteiger partial charge in [-0.05, 0) is 25.1 Å². The molecule has 7 heteroatoms.